The predicted octanol–water partition coefficient (Wildman–Crippen LogP) is 2.54. The van der Waals surface area contributed by atoms with E-state index in [4.69, 9.17) is 5.73 Å². The molecule has 4 unspecified atom stereocenters. The summed E-state index contributed by atoms with van der Waals surface area (Å²) in [4.78, 5) is 0. The second kappa shape index (κ2) is 5.26. The van der Waals surface area contributed by atoms with Crippen molar-refractivity contribution < 1.29 is 0 Å². The summed E-state index contributed by atoms with van der Waals surface area (Å²) in [6, 6.07) is 9.50. The highest BCUT2D eigenvalue weighted by Gasteiger charge is 2.52. The Bertz CT molecular complexity index is 441. The largest absolute Gasteiger partial charge is 0.329 e. The van der Waals surface area contributed by atoms with E-state index in [9.17, 15) is 0 Å². The van der Waals surface area contributed by atoms with Gasteiger partial charge in [0.15, 0.2) is 0 Å². The molecule has 104 valence electrons. The molecule has 0 saturated heterocycles. The molecule has 0 radical (unpaired) electrons. The van der Waals surface area contributed by atoms with Crippen LogP contribution in [0.3, 0.4) is 0 Å². The van der Waals surface area contributed by atoms with Crippen molar-refractivity contribution >= 4 is 0 Å². The Labute approximate surface area is 116 Å². The standard InChI is InChI=1S/C17H26N2/c1-11(2)16(9-18)19-10-15-14-8-7-12-5-3-4-6-13(12)17(14)15/h3-6,11,14-17,19H,7-10,18H2,1-2H3. The second-order valence-electron chi connectivity index (χ2n) is 6.59. The maximum Gasteiger partial charge on any atom is 0.0213 e. The van der Waals surface area contributed by atoms with Crippen LogP contribution in [0.25, 0.3) is 0 Å². The highest BCUT2D eigenvalue weighted by atomic mass is 15.0. The van der Waals surface area contributed by atoms with E-state index in [2.05, 4.69) is 43.4 Å². The van der Waals surface area contributed by atoms with Gasteiger partial charge < -0.3 is 11.1 Å². The number of fused-ring (bicyclic) bond motifs is 3. The van der Waals surface area contributed by atoms with Gasteiger partial charge in [0.05, 0.1) is 0 Å². The molecular weight excluding hydrogens is 232 g/mol. The average Bonchev–Trinajstić information content (AvgIpc) is 3.13. The van der Waals surface area contributed by atoms with E-state index in [1.807, 2.05) is 0 Å². The van der Waals surface area contributed by atoms with E-state index >= 15 is 0 Å². The lowest BCUT2D eigenvalue weighted by Gasteiger charge is -2.20. The van der Waals surface area contributed by atoms with E-state index in [1.165, 1.54) is 12.8 Å². The van der Waals surface area contributed by atoms with Gasteiger partial charge in [-0.3, -0.25) is 0 Å². The summed E-state index contributed by atoms with van der Waals surface area (Å²) in [6.45, 7) is 6.39. The highest BCUT2D eigenvalue weighted by Crippen LogP contribution is 2.59. The summed E-state index contributed by atoms with van der Waals surface area (Å²) in [5, 5.41) is 3.69. The molecule has 0 amide bonds. The Morgan fingerprint density at radius 1 is 1.32 bits per heavy atom. The normalized spacial score (nSPS) is 29.8. The van der Waals surface area contributed by atoms with Crippen LogP contribution in [0.15, 0.2) is 24.3 Å². The smallest absolute Gasteiger partial charge is 0.0213 e. The van der Waals surface area contributed by atoms with Gasteiger partial charge in [0.25, 0.3) is 0 Å². The molecule has 0 aliphatic heterocycles. The topological polar surface area (TPSA) is 38.0 Å². The van der Waals surface area contributed by atoms with E-state index in [1.54, 1.807) is 11.1 Å². The van der Waals surface area contributed by atoms with Gasteiger partial charge in [0.2, 0.25) is 0 Å². The van der Waals surface area contributed by atoms with E-state index in [-0.39, 0.29) is 0 Å². The molecule has 19 heavy (non-hydrogen) atoms. The summed E-state index contributed by atoms with van der Waals surface area (Å²) < 4.78 is 0. The molecule has 1 aromatic rings. The number of nitrogens with two attached hydrogens (primary N) is 1. The Morgan fingerprint density at radius 2 is 2.11 bits per heavy atom. The number of nitrogens with one attached hydrogen (secondary N) is 1. The van der Waals surface area contributed by atoms with Crippen LogP contribution in [0.4, 0.5) is 0 Å². The van der Waals surface area contributed by atoms with Crippen molar-refractivity contribution in [3.63, 3.8) is 0 Å². The quantitative estimate of drug-likeness (QED) is 0.852. The van der Waals surface area contributed by atoms with Crippen molar-refractivity contribution in [1.82, 2.24) is 5.32 Å². The zero-order valence-corrected chi connectivity index (χ0v) is 12.1. The Balaban J connectivity index is 1.62. The van der Waals surface area contributed by atoms with Gasteiger partial charge in [0, 0.05) is 12.6 Å². The van der Waals surface area contributed by atoms with Gasteiger partial charge in [0.1, 0.15) is 0 Å². The van der Waals surface area contributed by atoms with E-state index < -0.39 is 0 Å². The van der Waals surface area contributed by atoms with Crippen LogP contribution < -0.4 is 11.1 Å². The molecule has 2 nitrogen and oxygen atoms in total. The minimum Gasteiger partial charge on any atom is -0.329 e. The Kier molecular flexibility index (Phi) is 3.64. The van der Waals surface area contributed by atoms with Gasteiger partial charge >= 0.3 is 0 Å². The molecule has 1 fully saturated rings. The van der Waals surface area contributed by atoms with Crippen molar-refractivity contribution in [2.45, 2.75) is 38.6 Å². The molecule has 0 bridgehead atoms. The van der Waals surface area contributed by atoms with Gasteiger partial charge in [-0.15, -0.1) is 0 Å². The van der Waals surface area contributed by atoms with Crippen molar-refractivity contribution in [2.75, 3.05) is 13.1 Å². The first kappa shape index (κ1) is 13.1. The number of benzene rings is 1. The fourth-order valence-electron chi connectivity index (χ4n) is 3.87. The molecule has 3 N–H and O–H groups in total. The first-order valence-corrected chi connectivity index (χ1v) is 7.73. The van der Waals surface area contributed by atoms with E-state index in [0.29, 0.717) is 12.0 Å². The zero-order valence-electron chi connectivity index (χ0n) is 12.1. The molecule has 1 saturated carbocycles. The van der Waals surface area contributed by atoms with E-state index in [0.717, 1.165) is 30.8 Å². The van der Waals surface area contributed by atoms with Crippen molar-refractivity contribution in [1.29, 1.82) is 0 Å². The molecule has 2 heteroatoms. The number of aryl methyl sites for hydroxylation is 1. The summed E-state index contributed by atoms with van der Waals surface area (Å²) in [6.07, 6.45) is 2.65. The predicted molar refractivity (Wildman–Crippen MR) is 80.2 cm³/mol. The van der Waals surface area contributed by atoms with Gasteiger partial charge in [-0.05, 0) is 54.2 Å². The maximum atomic E-state index is 5.84. The zero-order chi connectivity index (χ0) is 13.4. The maximum absolute atomic E-state index is 5.84. The van der Waals surface area contributed by atoms with Crippen LogP contribution in [0.2, 0.25) is 0 Å². The Morgan fingerprint density at radius 3 is 2.84 bits per heavy atom. The molecule has 0 spiro atoms. The average molecular weight is 258 g/mol. The summed E-state index contributed by atoms with van der Waals surface area (Å²) in [7, 11) is 0. The lowest BCUT2D eigenvalue weighted by atomic mass is 9.92. The fourth-order valence-corrected chi connectivity index (χ4v) is 3.87. The lowest BCUT2D eigenvalue weighted by molar-refractivity contribution is 0.394. The second-order valence-corrected chi connectivity index (χ2v) is 6.59. The van der Waals surface area contributed by atoms with Crippen LogP contribution in [-0.4, -0.2) is 19.1 Å². The molecule has 0 heterocycles. The van der Waals surface area contributed by atoms with Crippen LogP contribution in [-0.2, 0) is 6.42 Å². The number of hydrogen-bond donors (Lipinski definition) is 2. The van der Waals surface area contributed by atoms with Gasteiger partial charge in [-0.1, -0.05) is 38.1 Å². The molecule has 4 atom stereocenters. The Hall–Kier alpha value is -0.860. The van der Waals surface area contributed by atoms with Crippen molar-refractivity contribution in [2.24, 2.45) is 23.5 Å². The summed E-state index contributed by atoms with van der Waals surface area (Å²) >= 11 is 0. The van der Waals surface area contributed by atoms with Crippen LogP contribution >= 0.6 is 0 Å². The third-order valence-corrected chi connectivity index (χ3v) is 5.17. The first-order valence-electron chi connectivity index (χ1n) is 7.73. The molecular formula is C17H26N2. The first-order chi connectivity index (χ1) is 9.22. The lowest BCUT2D eigenvalue weighted by Crippen LogP contribution is -2.41. The van der Waals surface area contributed by atoms with Gasteiger partial charge in [-0.25, -0.2) is 0 Å². The minimum atomic E-state index is 0.470. The minimum absolute atomic E-state index is 0.470. The van der Waals surface area contributed by atoms with Crippen LogP contribution in [0.1, 0.15) is 37.3 Å². The van der Waals surface area contributed by atoms with Crippen molar-refractivity contribution in [3.05, 3.63) is 35.4 Å². The number of rotatable bonds is 5. The molecule has 3 rings (SSSR count). The van der Waals surface area contributed by atoms with Crippen LogP contribution in [0.5, 0.6) is 0 Å². The fraction of sp³-hybridized carbons (Fsp3) is 0.647. The molecule has 2 aliphatic rings. The van der Waals surface area contributed by atoms with Crippen molar-refractivity contribution in [3.8, 4) is 0 Å². The van der Waals surface area contributed by atoms with Gasteiger partial charge in [-0.2, -0.15) is 0 Å². The monoisotopic (exact) mass is 258 g/mol. The third-order valence-electron chi connectivity index (χ3n) is 5.17. The third kappa shape index (κ3) is 2.44. The SMILES string of the molecule is CC(C)C(CN)NCC1C2CCc3ccccc3C21. The summed E-state index contributed by atoms with van der Waals surface area (Å²) in [5.41, 5.74) is 9.05. The molecule has 2 aliphatic carbocycles. The molecule has 0 aromatic heterocycles. The highest BCUT2D eigenvalue weighted by molar-refractivity contribution is 5.39. The number of hydrogen-bond acceptors (Lipinski definition) is 2. The van der Waals surface area contributed by atoms with Crippen LogP contribution in [0, 0.1) is 17.8 Å². The summed E-state index contributed by atoms with van der Waals surface area (Å²) in [5.74, 6) is 3.21. The molecule has 1 aromatic carbocycles.